The topological polar surface area (TPSA) is 93.0 Å². The van der Waals surface area contributed by atoms with Crippen LogP contribution in [-0.4, -0.2) is 33.9 Å². The van der Waals surface area contributed by atoms with Gasteiger partial charge in [0.25, 0.3) is 5.78 Å². The van der Waals surface area contributed by atoms with Crippen LogP contribution >= 0.6 is 0 Å². The molecule has 33 heavy (non-hydrogen) atoms. The minimum absolute atomic E-state index is 0.264. The molecular formula is C26H24N4O3. The second-order valence-electron chi connectivity index (χ2n) is 7.86. The Balaban J connectivity index is 1.27. The number of ketones is 1. The molecular weight excluding hydrogens is 416 g/mol. The van der Waals surface area contributed by atoms with E-state index in [9.17, 15) is 4.79 Å². The number of carbonyl (C=O) groups excluding carboxylic acids is 1. The lowest BCUT2D eigenvalue weighted by Crippen LogP contribution is -2.17. The molecule has 0 aliphatic heterocycles. The Bertz CT molecular complexity index is 1370. The molecule has 7 nitrogen and oxygen atoms in total. The van der Waals surface area contributed by atoms with Gasteiger partial charge in [0.15, 0.2) is 11.6 Å². The summed E-state index contributed by atoms with van der Waals surface area (Å²) >= 11 is 0. The molecule has 0 radical (unpaired) electrons. The Labute approximate surface area is 190 Å². The molecule has 0 unspecified atom stereocenters. The third-order valence-electron chi connectivity index (χ3n) is 5.53. The van der Waals surface area contributed by atoms with Crippen LogP contribution in [0.2, 0.25) is 0 Å². The molecule has 0 spiro atoms. The summed E-state index contributed by atoms with van der Waals surface area (Å²) in [6.45, 7) is 4.03. The number of hydrogen-bond donors (Lipinski definition) is 2. The van der Waals surface area contributed by atoms with Crippen LogP contribution < -0.4 is 10.1 Å². The van der Waals surface area contributed by atoms with Crippen molar-refractivity contribution >= 4 is 27.8 Å². The lowest BCUT2D eigenvalue weighted by molar-refractivity contribution is 0.100. The maximum atomic E-state index is 13.1. The molecule has 0 saturated heterocycles. The number of carbonyl (C=O) groups is 1. The molecule has 0 bridgehead atoms. The van der Waals surface area contributed by atoms with Crippen molar-refractivity contribution in [2.75, 3.05) is 13.2 Å². The van der Waals surface area contributed by atoms with Crippen molar-refractivity contribution in [3.05, 3.63) is 89.7 Å². The van der Waals surface area contributed by atoms with Gasteiger partial charge in [0.05, 0.1) is 23.0 Å². The standard InChI is InChI=1S/C26H24N4O3/c1-17-23-21(32-14-6-13-28-16-18-7-5-12-27-15-18)10-4-11-22(23)33-25(17)24(31)26-29-19-8-2-3-9-20(19)30-26/h2-5,7-12,15,28H,6,13-14,16H2,1H3,(H,29,30). The molecule has 2 N–H and O–H groups in total. The fourth-order valence-electron chi connectivity index (χ4n) is 3.89. The maximum absolute atomic E-state index is 13.1. The molecule has 3 aromatic heterocycles. The van der Waals surface area contributed by atoms with Crippen LogP contribution in [0.25, 0.3) is 22.0 Å². The van der Waals surface area contributed by atoms with Gasteiger partial charge in [-0.2, -0.15) is 0 Å². The molecule has 166 valence electrons. The fraction of sp³-hybridized carbons (Fsp3) is 0.192. The summed E-state index contributed by atoms with van der Waals surface area (Å²) in [6, 6.07) is 17.2. The van der Waals surface area contributed by atoms with E-state index in [0.29, 0.717) is 17.9 Å². The smallest absolute Gasteiger partial charge is 0.263 e. The first kappa shape index (κ1) is 20.9. The summed E-state index contributed by atoms with van der Waals surface area (Å²) in [6.07, 6.45) is 4.47. The number of ether oxygens (including phenoxy) is 1. The van der Waals surface area contributed by atoms with Gasteiger partial charge >= 0.3 is 0 Å². The number of hydrogen-bond acceptors (Lipinski definition) is 6. The highest BCUT2D eigenvalue weighted by Gasteiger charge is 2.23. The number of imidazole rings is 1. The van der Waals surface area contributed by atoms with Crippen LogP contribution in [0.4, 0.5) is 0 Å². The van der Waals surface area contributed by atoms with E-state index in [1.54, 1.807) is 6.20 Å². The molecule has 7 heteroatoms. The average molecular weight is 441 g/mol. The lowest BCUT2D eigenvalue weighted by atomic mass is 10.1. The van der Waals surface area contributed by atoms with Crippen molar-refractivity contribution in [1.29, 1.82) is 0 Å². The molecule has 5 rings (SSSR count). The van der Waals surface area contributed by atoms with Crippen LogP contribution in [0.1, 0.15) is 33.9 Å². The van der Waals surface area contributed by atoms with Gasteiger partial charge in [0.1, 0.15) is 11.3 Å². The van der Waals surface area contributed by atoms with Crippen molar-refractivity contribution in [2.24, 2.45) is 0 Å². The number of aryl methyl sites for hydroxylation is 1. The van der Waals surface area contributed by atoms with Crippen LogP contribution in [0.5, 0.6) is 5.75 Å². The fourth-order valence-corrected chi connectivity index (χ4v) is 3.89. The number of aromatic nitrogens is 3. The summed E-state index contributed by atoms with van der Waals surface area (Å²) in [7, 11) is 0. The minimum atomic E-state index is -0.273. The van der Waals surface area contributed by atoms with E-state index in [1.165, 1.54) is 0 Å². The summed E-state index contributed by atoms with van der Waals surface area (Å²) < 4.78 is 12.0. The van der Waals surface area contributed by atoms with Gasteiger partial charge in [-0.1, -0.05) is 24.3 Å². The highest BCUT2D eigenvalue weighted by molar-refractivity contribution is 6.10. The van der Waals surface area contributed by atoms with E-state index in [4.69, 9.17) is 9.15 Å². The van der Waals surface area contributed by atoms with Crippen molar-refractivity contribution in [2.45, 2.75) is 19.9 Å². The molecule has 0 fully saturated rings. The van der Waals surface area contributed by atoms with Gasteiger partial charge in [-0.25, -0.2) is 4.98 Å². The van der Waals surface area contributed by atoms with E-state index in [0.717, 1.165) is 47.1 Å². The summed E-state index contributed by atoms with van der Waals surface area (Å²) in [5.74, 6) is 0.980. The normalized spacial score (nSPS) is 11.3. The monoisotopic (exact) mass is 440 g/mol. The first-order chi connectivity index (χ1) is 16.2. The van der Waals surface area contributed by atoms with Crippen LogP contribution in [0.15, 0.2) is 71.4 Å². The van der Waals surface area contributed by atoms with Crippen LogP contribution in [0.3, 0.4) is 0 Å². The number of pyridine rings is 1. The third-order valence-corrected chi connectivity index (χ3v) is 5.53. The van der Waals surface area contributed by atoms with Crippen LogP contribution in [-0.2, 0) is 6.54 Å². The minimum Gasteiger partial charge on any atom is -0.493 e. The second-order valence-corrected chi connectivity index (χ2v) is 7.86. The molecule has 5 aromatic rings. The molecule has 0 aliphatic carbocycles. The number of para-hydroxylation sites is 2. The predicted octanol–water partition coefficient (Wildman–Crippen LogP) is 4.80. The highest BCUT2D eigenvalue weighted by Crippen LogP contribution is 2.34. The average Bonchev–Trinajstić information content (AvgIpc) is 3.43. The van der Waals surface area contributed by atoms with Crippen molar-refractivity contribution < 1.29 is 13.9 Å². The lowest BCUT2D eigenvalue weighted by Gasteiger charge is -2.08. The quantitative estimate of drug-likeness (QED) is 0.253. The molecule has 3 heterocycles. The Morgan fingerprint density at radius 2 is 2.03 bits per heavy atom. The van der Waals surface area contributed by atoms with E-state index >= 15 is 0 Å². The summed E-state index contributed by atoms with van der Waals surface area (Å²) in [5.41, 5.74) is 4.09. The number of furan rings is 1. The zero-order valence-corrected chi connectivity index (χ0v) is 18.3. The number of benzene rings is 2. The number of H-pyrrole nitrogens is 1. The van der Waals surface area contributed by atoms with E-state index < -0.39 is 0 Å². The Morgan fingerprint density at radius 1 is 1.12 bits per heavy atom. The molecule has 0 atom stereocenters. The number of aromatic amines is 1. The highest BCUT2D eigenvalue weighted by atomic mass is 16.5. The first-order valence-corrected chi connectivity index (χ1v) is 10.9. The number of fused-ring (bicyclic) bond motifs is 2. The molecule has 0 aliphatic rings. The van der Waals surface area contributed by atoms with Gasteiger partial charge in [-0.05, 0) is 55.8 Å². The van der Waals surface area contributed by atoms with Gasteiger partial charge in [0.2, 0.25) is 0 Å². The van der Waals surface area contributed by atoms with Gasteiger partial charge in [-0.15, -0.1) is 0 Å². The van der Waals surface area contributed by atoms with Crippen LogP contribution in [0, 0.1) is 6.92 Å². The molecule has 0 amide bonds. The largest absolute Gasteiger partial charge is 0.493 e. The summed E-state index contributed by atoms with van der Waals surface area (Å²) in [5, 5.41) is 4.21. The zero-order valence-electron chi connectivity index (χ0n) is 18.3. The predicted molar refractivity (Wildman–Crippen MR) is 127 cm³/mol. The van der Waals surface area contributed by atoms with Gasteiger partial charge < -0.3 is 19.5 Å². The van der Waals surface area contributed by atoms with E-state index in [2.05, 4.69) is 20.3 Å². The molecule has 2 aromatic carbocycles. The molecule has 0 saturated carbocycles. The van der Waals surface area contributed by atoms with Gasteiger partial charge in [-0.3, -0.25) is 9.78 Å². The number of rotatable bonds is 9. The van der Waals surface area contributed by atoms with Gasteiger partial charge in [0, 0.05) is 24.5 Å². The van der Waals surface area contributed by atoms with Crippen molar-refractivity contribution in [3.8, 4) is 5.75 Å². The SMILES string of the molecule is Cc1c(C(=O)c2nc3ccccc3[nH]2)oc2cccc(OCCCNCc3cccnc3)c12. The van der Waals surface area contributed by atoms with Crippen molar-refractivity contribution in [1.82, 2.24) is 20.3 Å². The van der Waals surface area contributed by atoms with Crippen molar-refractivity contribution in [3.63, 3.8) is 0 Å². The second kappa shape index (κ2) is 9.26. The third kappa shape index (κ3) is 4.36. The first-order valence-electron chi connectivity index (χ1n) is 10.9. The Morgan fingerprint density at radius 3 is 2.88 bits per heavy atom. The van der Waals surface area contributed by atoms with E-state index in [-0.39, 0.29) is 17.4 Å². The van der Waals surface area contributed by atoms with E-state index in [1.807, 2.05) is 67.7 Å². The maximum Gasteiger partial charge on any atom is 0.263 e. The zero-order chi connectivity index (χ0) is 22.6. The Hall–Kier alpha value is -3.97. The number of nitrogens with one attached hydrogen (secondary N) is 2. The number of nitrogens with zero attached hydrogens (tertiary/aromatic N) is 2. The summed E-state index contributed by atoms with van der Waals surface area (Å²) in [4.78, 5) is 24.7. The Kier molecular flexibility index (Phi) is 5.87.